The molecule has 1 rings (SSSR count). The van der Waals surface area contributed by atoms with E-state index < -0.39 is 3.79 Å². The first-order valence-electron chi connectivity index (χ1n) is 2.53. The van der Waals surface area contributed by atoms with Gasteiger partial charge in [0.15, 0.2) is 3.79 Å². The first-order valence-corrected chi connectivity index (χ1v) is 4.54. The number of rotatable bonds is 1. The van der Waals surface area contributed by atoms with Gasteiger partial charge in [0.05, 0.1) is 5.01 Å². The molecule has 0 atom stereocenters. The highest BCUT2D eigenvalue weighted by Gasteiger charge is 2.21. The molecule has 0 unspecified atom stereocenters. The van der Waals surface area contributed by atoms with Gasteiger partial charge in [-0.3, -0.25) is 0 Å². The van der Waals surface area contributed by atoms with Gasteiger partial charge in [-0.05, 0) is 0 Å². The lowest BCUT2D eigenvalue weighted by Gasteiger charge is -2.06. The summed E-state index contributed by atoms with van der Waals surface area (Å²) < 4.78 is -1.21. The fourth-order valence-corrected chi connectivity index (χ4v) is 1.83. The summed E-state index contributed by atoms with van der Waals surface area (Å²) in [5, 5.41) is 2.70. The summed E-state index contributed by atoms with van der Waals surface area (Å²) in [5.74, 6) is 0. The van der Waals surface area contributed by atoms with E-state index in [9.17, 15) is 0 Å². The van der Waals surface area contributed by atoms with Gasteiger partial charge in [-0.25, -0.2) is 4.98 Å². The van der Waals surface area contributed by atoms with Crippen LogP contribution in [-0.2, 0) is 6.42 Å². The number of nitrogens with zero attached hydrogens (tertiary/aromatic N) is 1. The molecule has 56 valence electrons. The third-order valence-electron chi connectivity index (χ3n) is 0.835. The van der Waals surface area contributed by atoms with Gasteiger partial charge in [0.2, 0.25) is 0 Å². The Balaban J connectivity index is 2.57. The van der Waals surface area contributed by atoms with Crippen LogP contribution >= 0.6 is 46.1 Å². The van der Waals surface area contributed by atoms with Gasteiger partial charge in [0.1, 0.15) is 0 Å². The van der Waals surface area contributed by atoms with Crippen molar-refractivity contribution < 1.29 is 0 Å². The van der Waals surface area contributed by atoms with Gasteiger partial charge in [0, 0.05) is 18.0 Å². The molecule has 0 amide bonds. The highest BCUT2D eigenvalue weighted by molar-refractivity contribution is 7.09. The number of hydrogen-bond acceptors (Lipinski definition) is 2. The monoisotopic (exact) mass is 215 g/mol. The van der Waals surface area contributed by atoms with Crippen molar-refractivity contribution in [3.05, 3.63) is 16.6 Å². The summed E-state index contributed by atoms with van der Waals surface area (Å²) >= 11 is 18.1. The molecule has 0 aliphatic heterocycles. The van der Waals surface area contributed by atoms with Crippen molar-refractivity contribution in [1.82, 2.24) is 4.98 Å². The highest BCUT2D eigenvalue weighted by atomic mass is 35.6. The van der Waals surface area contributed by atoms with Gasteiger partial charge in [-0.2, -0.15) is 0 Å². The van der Waals surface area contributed by atoms with Crippen LogP contribution in [0.3, 0.4) is 0 Å². The van der Waals surface area contributed by atoms with Crippen molar-refractivity contribution in [2.45, 2.75) is 10.2 Å². The third kappa shape index (κ3) is 3.06. The Hall–Kier alpha value is 0.500. The SMILES string of the molecule is ClC(Cl)(Cl)Cc1nccs1. The minimum absolute atomic E-state index is 0.384. The highest BCUT2D eigenvalue weighted by Crippen LogP contribution is 2.30. The molecule has 1 aromatic heterocycles. The maximum absolute atomic E-state index is 5.52. The summed E-state index contributed by atoms with van der Waals surface area (Å²) in [6.07, 6.45) is 2.08. The molecular formula is C5H4Cl3NS. The molecule has 1 heterocycles. The summed E-state index contributed by atoms with van der Waals surface area (Å²) in [6.45, 7) is 0. The molecule has 0 fully saturated rings. The average Bonchev–Trinajstić information content (AvgIpc) is 2.12. The molecule has 1 aromatic rings. The number of alkyl halides is 3. The van der Waals surface area contributed by atoms with Crippen LogP contribution in [-0.4, -0.2) is 8.78 Å². The van der Waals surface area contributed by atoms with Gasteiger partial charge < -0.3 is 0 Å². The predicted molar refractivity (Wildman–Crippen MR) is 46.1 cm³/mol. The van der Waals surface area contributed by atoms with E-state index in [2.05, 4.69) is 4.98 Å². The van der Waals surface area contributed by atoms with Crippen LogP contribution in [0.15, 0.2) is 11.6 Å². The molecule has 0 radical (unpaired) electrons. The van der Waals surface area contributed by atoms with E-state index in [1.807, 2.05) is 5.38 Å². The van der Waals surface area contributed by atoms with Crippen LogP contribution in [0, 0.1) is 0 Å². The molecule has 0 aliphatic rings. The lowest BCUT2D eigenvalue weighted by atomic mass is 10.5. The minimum Gasteiger partial charge on any atom is -0.250 e. The Bertz CT molecular complexity index is 191. The molecule has 0 saturated heterocycles. The Kier molecular flexibility index (Phi) is 2.81. The van der Waals surface area contributed by atoms with Crippen molar-refractivity contribution in [2.75, 3.05) is 0 Å². The maximum Gasteiger partial charge on any atom is 0.196 e. The largest absolute Gasteiger partial charge is 0.250 e. The van der Waals surface area contributed by atoms with Gasteiger partial charge in [-0.1, -0.05) is 34.8 Å². The van der Waals surface area contributed by atoms with Crippen LogP contribution in [0.2, 0.25) is 0 Å². The van der Waals surface area contributed by atoms with Crippen LogP contribution < -0.4 is 0 Å². The van der Waals surface area contributed by atoms with E-state index in [1.165, 1.54) is 11.3 Å². The van der Waals surface area contributed by atoms with E-state index in [-0.39, 0.29) is 0 Å². The lowest BCUT2D eigenvalue weighted by molar-refractivity contribution is 0.995. The molecule has 1 nitrogen and oxygen atoms in total. The fraction of sp³-hybridized carbons (Fsp3) is 0.400. The van der Waals surface area contributed by atoms with E-state index >= 15 is 0 Å². The maximum atomic E-state index is 5.52. The zero-order valence-corrected chi connectivity index (χ0v) is 7.94. The second-order valence-electron chi connectivity index (χ2n) is 1.72. The number of halogens is 3. The standard InChI is InChI=1S/C5H4Cl3NS/c6-5(7,8)3-4-9-1-2-10-4/h1-2H,3H2. The lowest BCUT2D eigenvalue weighted by Crippen LogP contribution is -2.05. The molecule has 0 aromatic carbocycles. The third-order valence-corrected chi connectivity index (χ3v) is 2.02. The summed E-state index contributed by atoms with van der Waals surface area (Å²) in [4.78, 5) is 3.97. The second-order valence-corrected chi connectivity index (χ2v) is 5.21. The number of thiazole rings is 1. The van der Waals surface area contributed by atoms with Crippen LogP contribution in [0.5, 0.6) is 0 Å². The van der Waals surface area contributed by atoms with E-state index in [4.69, 9.17) is 34.8 Å². The first-order chi connectivity index (χ1) is 4.58. The zero-order valence-electron chi connectivity index (χ0n) is 4.85. The minimum atomic E-state index is -1.21. The zero-order chi connectivity index (χ0) is 7.61. The molecule has 5 heteroatoms. The van der Waals surface area contributed by atoms with Crippen molar-refractivity contribution >= 4 is 46.1 Å². The first kappa shape index (κ1) is 8.60. The van der Waals surface area contributed by atoms with Crippen molar-refractivity contribution in [3.8, 4) is 0 Å². The normalized spacial score (nSPS) is 11.9. The van der Waals surface area contributed by atoms with Crippen molar-refractivity contribution in [3.63, 3.8) is 0 Å². The van der Waals surface area contributed by atoms with Crippen LogP contribution in [0.25, 0.3) is 0 Å². The fourth-order valence-electron chi connectivity index (χ4n) is 0.512. The summed E-state index contributed by atoms with van der Waals surface area (Å²) in [6, 6.07) is 0. The molecule has 0 N–H and O–H groups in total. The van der Waals surface area contributed by atoms with Crippen LogP contribution in [0.4, 0.5) is 0 Å². The number of aromatic nitrogens is 1. The van der Waals surface area contributed by atoms with Gasteiger partial charge >= 0.3 is 0 Å². The van der Waals surface area contributed by atoms with E-state index in [1.54, 1.807) is 6.20 Å². The van der Waals surface area contributed by atoms with E-state index in [0.29, 0.717) is 6.42 Å². The van der Waals surface area contributed by atoms with E-state index in [0.717, 1.165) is 5.01 Å². The molecule has 0 saturated carbocycles. The number of hydrogen-bond donors (Lipinski definition) is 0. The topological polar surface area (TPSA) is 12.9 Å². The van der Waals surface area contributed by atoms with Crippen LogP contribution in [0.1, 0.15) is 5.01 Å². The smallest absolute Gasteiger partial charge is 0.196 e. The second kappa shape index (κ2) is 3.26. The van der Waals surface area contributed by atoms with Crippen molar-refractivity contribution in [1.29, 1.82) is 0 Å². The Labute approximate surface area is 77.9 Å². The summed E-state index contributed by atoms with van der Waals surface area (Å²) in [5.41, 5.74) is 0. The molecule has 10 heavy (non-hydrogen) atoms. The Morgan fingerprint density at radius 2 is 2.20 bits per heavy atom. The Morgan fingerprint density at radius 1 is 1.50 bits per heavy atom. The Morgan fingerprint density at radius 3 is 2.60 bits per heavy atom. The van der Waals surface area contributed by atoms with Gasteiger partial charge in [0.25, 0.3) is 0 Å². The molecule has 0 bridgehead atoms. The summed E-state index contributed by atoms with van der Waals surface area (Å²) in [7, 11) is 0. The average molecular weight is 217 g/mol. The molecular weight excluding hydrogens is 212 g/mol. The predicted octanol–water partition coefficient (Wildman–Crippen LogP) is 3.06. The van der Waals surface area contributed by atoms with Crippen molar-refractivity contribution in [2.24, 2.45) is 0 Å². The molecule has 0 aliphatic carbocycles. The molecule has 0 spiro atoms. The van der Waals surface area contributed by atoms with Gasteiger partial charge in [-0.15, -0.1) is 11.3 Å². The quantitative estimate of drug-likeness (QED) is 0.658.